The highest BCUT2D eigenvalue weighted by molar-refractivity contribution is 7.99. The average molecular weight is 454 g/mol. The van der Waals surface area contributed by atoms with Crippen LogP contribution in [0.2, 0.25) is 0 Å². The molecule has 0 saturated heterocycles. The summed E-state index contributed by atoms with van der Waals surface area (Å²) < 4.78 is 5.20. The topological polar surface area (TPSA) is 71.5 Å². The molecule has 6 nitrogen and oxygen atoms in total. The van der Waals surface area contributed by atoms with Crippen molar-refractivity contribution in [3.63, 3.8) is 0 Å². The van der Waals surface area contributed by atoms with Gasteiger partial charge in [-0.05, 0) is 50.2 Å². The molecular formula is C23H23N3O3S2. The molecular weight excluding hydrogens is 430 g/mol. The number of thioether (sulfide) groups is 1. The van der Waals surface area contributed by atoms with Crippen LogP contribution in [0.4, 0.5) is 11.4 Å². The molecule has 2 amide bonds. The number of thiazole rings is 1. The first-order chi connectivity index (χ1) is 14.9. The normalized spacial score (nSPS) is 14.7. The molecule has 4 rings (SSSR count). The van der Waals surface area contributed by atoms with E-state index >= 15 is 0 Å². The number of carbonyl (C=O) groups excluding carboxylic acids is 2. The first kappa shape index (κ1) is 21.4. The zero-order chi connectivity index (χ0) is 22.0. The number of aromatic nitrogens is 1. The smallest absolute Gasteiger partial charge is 0.250 e. The van der Waals surface area contributed by atoms with Crippen LogP contribution in [-0.4, -0.2) is 35.2 Å². The molecule has 8 heteroatoms. The van der Waals surface area contributed by atoms with Crippen molar-refractivity contribution in [2.45, 2.75) is 25.1 Å². The molecule has 1 aliphatic rings. The van der Waals surface area contributed by atoms with E-state index in [1.807, 2.05) is 53.9 Å². The summed E-state index contributed by atoms with van der Waals surface area (Å²) in [5.74, 6) is 1.42. The minimum absolute atomic E-state index is 0.0945. The highest BCUT2D eigenvalue weighted by Crippen LogP contribution is 2.37. The molecule has 2 aromatic carbocycles. The maximum absolute atomic E-state index is 13.1. The number of ether oxygens (including phenoxy) is 1. The Kier molecular flexibility index (Phi) is 6.02. The first-order valence-electron chi connectivity index (χ1n) is 9.80. The second kappa shape index (κ2) is 8.72. The summed E-state index contributed by atoms with van der Waals surface area (Å²) in [5.41, 5.74) is 2.41. The number of nitrogens with one attached hydrogen (secondary N) is 1. The van der Waals surface area contributed by atoms with Gasteiger partial charge in [0.25, 0.3) is 0 Å². The van der Waals surface area contributed by atoms with E-state index in [1.54, 1.807) is 37.2 Å². The number of methoxy groups -OCH3 is 1. The number of fused-ring (bicyclic) bond motifs is 1. The van der Waals surface area contributed by atoms with Gasteiger partial charge in [0, 0.05) is 16.7 Å². The van der Waals surface area contributed by atoms with E-state index in [2.05, 4.69) is 10.3 Å². The second-order valence-corrected chi connectivity index (χ2v) is 9.47. The fraction of sp³-hybridized carbons (Fsp3) is 0.261. The Bertz CT molecular complexity index is 1110. The van der Waals surface area contributed by atoms with E-state index in [0.29, 0.717) is 11.4 Å². The van der Waals surface area contributed by atoms with Gasteiger partial charge in [0.05, 0.1) is 29.9 Å². The molecule has 0 bridgehead atoms. The Balaban J connectivity index is 1.41. The number of para-hydroxylation sites is 2. The van der Waals surface area contributed by atoms with E-state index in [9.17, 15) is 9.59 Å². The number of anilines is 2. The van der Waals surface area contributed by atoms with Crippen LogP contribution >= 0.6 is 23.1 Å². The fourth-order valence-electron chi connectivity index (χ4n) is 3.45. The summed E-state index contributed by atoms with van der Waals surface area (Å²) in [7, 11) is 1.64. The highest BCUT2D eigenvalue weighted by Gasteiger charge is 2.43. The number of benzene rings is 2. The molecule has 1 aliphatic heterocycles. The van der Waals surface area contributed by atoms with Crippen LogP contribution in [0.3, 0.4) is 0 Å². The van der Waals surface area contributed by atoms with E-state index in [0.717, 1.165) is 27.7 Å². The Hall–Kier alpha value is -2.84. The van der Waals surface area contributed by atoms with Gasteiger partial charge in [-0.25, -0.2) is 4.98 Å². The maximum Gasteiger partial charge on any atom is 0.250 e. The van der Waals surface area contributed by atoms with Crippen molar-refractivity contribution in [1.82, 2.24) is 4.98 Å². The molecule has 31 heavy (non-hydrogen) atoms. The van der Waals surface area contributed by atoms with Crippen molar-refractivity contribution in [2.24, 2.45) is 0 Å². The standard InChI is InChI=1S/C23H23N3O3S2/c1-23(2)22(28)25-18-6-4-5-7-19(18)26(23)20(27)14-30-12-16-13-31-21(24-16)15-8-10-17(29-3)11-9-15/h4-11,13H,12,14H2,1-3H3,(H,25,28). The molecule has 0 radical (unpaired) electrons. The second-order valence-electron chi connectivity index (χ2n) is 7.62. The van der Waals surface area contributed by atoms with E-state index in [1.165, 1.54) is 11.8 Å². The van der Waals surface area contributed by atoms with E-state index in [-0.39, 0.29) is 17.6 Å². The van der Waals surface area contributed by atoms with Crippen molar-refractivity contribution < 1.29 is 14.3 Å². The molecule has 2 heterocycles. The summed E-state index contributed by atoms with van der Waals surface area (Å²) in [6.45, 7) is 3.53. The molecule has 160 valence electrons. The van der Waals surface area contributed by atoms with Gasteiger partial charge in [-0.3, -0.25) is 14.5 Å². The zero-order valence-electron chi connectivity index (χ0n) is 17.5. The quantitative estimate of drug-likeness (QED) is 0.580. The van der Waals surface area contributed by atoms with Crippen LogP contribution < -0.4 is 15.0 Å². The molecule has 3 aromatic rings. The fourth-order valence-corrected chi connectivity index (χ4v) is 5.14. The lowest BCUT2D eigenvalue weighted by atomic mass is 9.96. The summed E-state index contributed by atoms with van der Waals surface area (Å²) in [4.78, 5) is 31.9. The largest absolute Gasteiger partial charge is 0.497 e. The van der Waals surface area contributed by atoms with Crippen LogP contribution in [0.15, 0.2) is 53.9 Å². The Labute approximate surface area is 189 Å². The van der Waals surface area contributed by atoms with Gasteiger partial charge in [0.1, 0.15) is 16.3 Å². The van der Waals surface area contributed by atoms with Crippen LogP contribution in [0, 0.1) is 0 Å². The molecule has 1 N–H and O–H groups in total. The third kappa shape index (κ3) is 4.31. The third-order valence-electron chi connectivity index (χ3n) is 5.12. The number of nitrogens with zero attached hydrogens (tertiary/aromatic N) is 2. The Morgan fingerprint density at radius 2 is 1.94 bits per heavy atom. The van der Waals surface area contributed by atoms with Crippen LogP contribution in [0.1, 0.15) is 19.5 Å². The SMILES string of the molecule is COc1ccc(-c2nc(CSCC(=O)N3c4ccccc4NC(=O)C3(C)C)cs2)cc1. The molecule has 0 aliphatic carbocycles. The summed E-state index contributed by atoms with van der Waals surface area (Å²) in [6, 6.07) is 15.2. The van der Waals surface area contributed by atoms with Gasteiger partial charge in [0.2, 0.25) is 11.8 Å². The van der Waals surface area contributed by atoms with Crippen LogP contribution in [0.5, 0.6) is 5.75 Å². The minimum atomic E-state index is -0.950. The van der Waals surface area contributed by atoms with Crippen molar-refractivity contribution in [1.29, 1.82) is 0 Å². The van der Waals surface area contributed by atoms with Crippen molar-refractivity contribution in [3.05, 3.63) is 59.6 Å². The van der Waals surface area contributed by atoms with Crippen molar-refractivity contribution in [3.8, 4) is 16.3 Å². The molecule has 0 atom stereocenters. The lowest BCUT2D eigenvalue weighted by Crippen LogP contribution is -2.58. The monoisotopic (exact) mass is 453 g/mol. The number of hydrogen-bond donors (Lipinski definition) is 1. The average Bonchev–Trinajstić information content (AvgIpc) is 3.23. The number of hydrogen-bond acceptors (Lipinski definition) is 6. The van der Waals surface area contributed by atoms with E-state index in [4.69, 9.17) is 4.74 Å². The number of amides is 2. The van der Waals surface area contributed by atoms with Crippen LogP contribution in [0.25, 0.3) is 10.6 Å². The first-order valence-corrected chi connectivity index (χ1v) is 11.8. The Morgan fingerprint density at radius 3 is 2.68 bits per heavy atom. The predicted molar refractivity (Wildman–Crippen MR) is 127 cm³/mol. The van der Waals surface area contributed by atoms with Gasteiger partial charge in [0.15, 0.2) is 0 Å². The van der Waals surface area contributed by atoms with Crippen molar-refractivity contribution >= 4 is 46.3 Å². The van der Waals surface area contributed by atoms with Gasteiger partial charge < -0.3 is 10.1 Å². The lowest BCUT2D eigenvalue weighted by Gasteiger charge is -2.42. The van der Waals surface area contributed by atoms with Crippen LogP contribution in [-0.2, 0) is 15.3 Å². The molecule has 1 aromatic heterocycles. The van der Waals surface area contributed by atoms with Gasteiger partial charge >= 0.3 is 0 Å². The highest BCUT2D eigenvalue weighted by atomic mass is 32.2. The zero-order valence-corrected chi connectivity index (χ0v) is 19.2. The third-order valence-corrected chi connectivity index (χ3v) is 7.01. The minimum Gasteiger partial charge on any atom is -0.497 e. The molecule has 0 unspecified atom stereocenters. The Morgan fingerprint density at radius 1 is 1.19 bits per heavy atom. The summed E-state index contributed by atoms with van der Waals surface area (Å²) >= 11 is 3.08. The molecule has 0 saturated carbocycles. The van der Waals surface area contributed by atoms with Gasteiger partial charge in [-0.15, -0.1) is 23.1 Å². The maximum atomic E-state index is 13.1. The predicted octanol–water partition coefficient (Wildman–Crippen LogP) is 4.82. The van der Waals surface area contributed by atoms with Gasteiger partial charge in [-0.1, -0.05) is 12.1 Å². The summed E-state index contributed by atoms with van der Waals surface area (Å²) in [5, 5.41) is 5.84. The van der Waals surface area contributed by atoms with Crippen molar-refractivity contribution in [2.75, 3.05) is 23.1 Å². The summed E-state index contributed by atoms with van der Waals surface area (Å²) in [6.07, 6.45) is 0. The lowest BCUT2D eigenvalue weighted by molar-refractivity contribution is -0.125. The van der Waals surface area contributed by atoms with Gasteiger partial charge in [-0.2, -0.15) is 0 Å². The molecule has 0 spiro atoms. The number of carbonyl (C=O) groups is 2. The number of rotatable bonds is 6. The van der Waals surface area contributed by atoms with E-state index < -0.39 is 5.54 Å². The molecule has 0 fully saturated rings.